The minimum Gasteiger partial charge on any atom is -0.369 e. The summed E-state index contributed by atoms with van der Waals surface area (Å²) in [4.78, 5) is 31.6. The second kappa shape index (κ2) is 7.50. The fourth-order valence-electron chi connectivity index (χ4n) is 4.65. The minimum atomic E-state index is -0.628. The number of carbonyl (C=O) groups is 2. The van der Waals surface area contributed by atoms with Crippen LogP contribution in [-0.4, -0.2) is 60.1 Å². The van der Waals surface area contributed by atoms with Crippen molar-refractivity contribution in [2.75, 3.05) is 37.7 Å². The molecule has 0 radical (unpaired) electrons. The lowest BCUT2D eigenvalue weighted by molar-refractivity contribution is -0.133. The predicted molar refractivity (Wildman–Crippen MR) is 106 cm³/mol. The van der Waals surface area contributed by atoms with Crippen molar-refractivity contribution in [1.29, 1.82) is 0 Å². The molecule has 1 aromatic carbocycles. The van der Waals surface area contributed by atoms with Gasteiger partial charge in [-0.25, -0.2) is 9.69 Å². The van der Waals surface area contributed by atoms with Crippen molar-refractivity contribution in [3.8, 4) is 0 Å². The van der Waals surface area contributed by atoms with Crippen LogP contribution < -0.4 is 10.2 Å². The topological polar surface area (TPSA) is 55.9 Å². The van der Waals surface area contributed by atoms with Crippen LogP contribution in [-0.2, 0) is 4.79 Å². The van der Waals surface area contributed by atoms with Gasteiger partial charge in [0.05, 0.1) is 6.67 Å². The van der Waals surface area contributed by atoms with Crippen LogP contribution in [0.25, 0.3) is 0 Å². The first kappa shape index (κ1) is 18.3. The number of hydrogen-bond donors (Lipinski definition) is 1. The quantitative estimate of drug-likeness (QED) is 0.832. The van der Waals surface area contributed by atoms with E-state index in [1.54, 1.807) is 0 Å². The van der Waals surface area contributed by atoms with Gasteiger partial charge in [-0.05, 0) is 37.5 Å². The number of carbonyl (C=O) groups excluding carboxylic acids is 2. The summed E-state index contributed by atoms with van der Waals surface area (Å²) in [7, 11) is 0. The van der Waals surface area contributed by atoms with Crippen molar-refractivity contribution in [2.45, 2.75) is 51.0 Å². The van der Waals surface area contributed by atoms with Crippen LogP contribution >= 0.6 is 0 Å². The van der Waals surface area contributed by atoms with E-state index in [-0.39, 0.29) is 11.9 Å². The molecule has 3 fully saturated rings. The fourth-order valence-corrected chi connectivity index (χ4v) is 4.65. The number of piperazine rings is 1. The molecule has 3 aliphatic rings. The van der Waals surface area contributed by atoms with Gasteiger partial charge >= 0.3 is 6.03 Å². The van der Waals surface area contributed by atoms with Gasteiger partial charge in [-0.2, -0.15) is 0 Å². The standard InChI is InChI=1S/C21H30N4O2/c1-17-7-6-8-18(15-17)24-13-11-23(12-14-24)16-25-19(26)21(22-20(25)27)9-4-2-3-5-10-21/h6-8,15H,2-5,9-14,16H2,1H3,(H,22,27). The molecule has 2 heterocycles. The maximum absolute atomic E-state index is 13.0. The molecule has 1 spiro atoms. The van der Waals surface area contributed by atoms with Gasteiger partial charge in [-0.3, -0.25) is 9.69 Å². The van der Waals surface area contributed by atoms with Crippen LogP contribution in [0.3, 0.4) is 0 Å². The predicted octanol–water partition coefficient (Wildman–Crippen LogP) is 2.72. The molecule has 1 saturated carbocycles. The van der Waals surface area contributed by atoms with Crippen molar-refractivity contribution in [1.82, 2.24) is 15.1 Å². The van der Waals surface area contributed by atoms with Crippen molar-refractivity contribution >= 4 is 17.6 Å². The Labute approximate surface area is 161 Å². The number of imide groups is 1. The Morgan fingerprint density at radius 3 is 2.37 bits per heavy atom. The number of urea groups is 1. The lowest BCUT2D eigenvalue weighted by Gasteiger charge is -2.37. The Balaban J connectivity index is 1.36. The van der Waals surface area contributed by atoms with Crippen LogP contribution in [0.2, 0.25) is 0 Å². The first-order valence-corrected chi connectivity index (χ1v) is 10.3. The van der Waals surface area contributed by atoms with Gasteiger partial charge in [-0.15, -0.1) is 0 Å². The summed E-state index contributed by atoms with van der Waals surface area (Å²) in [6, 6.07) is 8.36. The highest BCUT2D eigenvalue weighted by molar-refractivity contribution is 6.07. The number of nitrogens with zero attached hydrogens (tertiary/aromatic N) is 3. The molecule has 146 valence electrons. The Morgan fingerprint density at radius 1 is 1.00 bits per heavy atom. The average Bonchev–Trinajstić information content (AvgIpc) is 2.84. The third-order valence-electron chi connectivity index (χ3n) is 6.28. The Kier molecular flexibility index (Phi) is 5.08. The summed E-state index contributed by atoms with van der Waals surface area (Å²) in [6.07, 6.45) is 5.94. The number of benzene rings is 1. The number of aryl methyl sites for hydroxylation is 1. The third-order valence-corrected chi connectivity index (χ3v) is 6.28. The van der Waals surface area contributed by atoms with E-state index in [4.69, 9.17) is 0 Å². The normalized spacial score (nSPS) is 23.6. The van der Waals surface area contributed by atoms with Crippen LogP contribution in [0, 0.1) is 6.92 Å². The number of anilines is 1. The molecular formula is C21H30N4O2. The highest BCUT2D eigenvalue weighted by Gasteiger charge is 2.50. The third kappa shape index (κ3) is 3.68. The molecule has 0 aromatic heterocycles. The molecule has 3 amide bonds. The van der Waals surface area contributed by atoms with Crippen LogP contribution in [0.1, 0.15) is 44.1 Å². The zero-order valence-electron chi connectivity index (χ0n) is 16.2. The largest absolute Gasteiger partial charge is 0.369 e. The average molecular weight is 370 g/mol. The molecule has 6 nitrogen and oxygen atoms in total. The Bertz CT molecular complexity index is 704. The molecule has 0 unspecified atom stereocenters. The van der Waals surface area contributed by atoms with E-state index in [1.807, 2.05) is 0 Å². The maximum atomic E-state index is 13.0. The number of nitrogens with one attached hydrogen (secondary N) is 1. The van der Waals surface area contributed by atoms with Crippen molar-refractivity contribution in [2.24, 2.45) is 0 Å². The molecule has 1 N–H and O–H groups in total. The monoisotopic (exact) mass is 370 g/mol. The molecule has 1 aliphatic carbocycles. The van der Waals surface area contributed by atoms with Gasteiger partial charge in [-0.1, -0.05) is 37.8 Å². The molecule has 27 heavy (non-hydrogen) atoms. The molecule has 2 saturated heterocycles. The van der Waals surface area contributed by atoms with E-state index < -0.39 is 5.54 Å². The molecule has 0 bridgehead atoms. The van der Waals surface area contributed by atoms with Gasteiger partial charge in [0.1, 0.15) is 5.54 Å². The molecule has 4 rings (SSSR count). The SMILES string of the molecule is Cc1cccc(N2CCN(CN3C(=O)NC4(CCCCCC4)C3=O)CC2)c1. The van der Waals surface area contributed by atoms with E-state index in [1.165, 1.54) is 16.2 Å². The van der Waals surface area contributed by atoms with Gasteiger partial charge in [0.2, 0.25) is 0 Å². The van der Waals surface area contributed by atoms with Gasteiger partial charge in [0.25, 0.3) is 5.91 Å². The number of hydrogen-bond acceptors (Lipinski definition) is 4. The molecule has 2 aliphatic heterocycles. The van der Waals surface area contributed by atoms with Crippen LogP contribution in [0.5, 0.6) is 0 Å². The van der Waals surface area contributed by atoms with Crippen LogP contribution in [0.15, 0.2) is 24.3 Å². The van der Waals surface area contributed by atoms with E-state index in [0.29, 0.717) is 6.67 Å². The van der Waals surface area contributed by atoms with Gasteiger partial charge in [0, 0.05) is 31.9 Å². The fraction of sp³-hybridized carbons (Fsp3) is 0.619. The van der Waals surface area contributed by atoms with Crippen molar-refractivity contribution < 1.29 is 9.59 Å². The Morgan fingerprint density at radius 2 is 1.70 bits per heavy atom. The molecular weight excluding hydrogens is 340 g/mol. The second-order valence-electron chi connectivity index (χ2n) is 8.25. The van der Waals surface area contributed by atoms with E-state index >= 15 is 0 Å². The molecule has 6 heteroatoms. The first-order valence-electron chi connectivity index (χ1n) is 10.3. The van der Waals surface area contributed by atoms with Crippen molar-refractivity contribution in [3.05, 3.63) is 29.8 Å². The highest BCUT2D eigenvalue weighted by Crippen LogP contribution is 2.32. The summed E-state index contributed by atoms with van der Waals surface area (Å²) < 4.78 is 0. The zero-order valence-corrected chi connectivity index (χ0v) is 16.2. The van der Waals surface area contributed by atoms with Gasteiger partial charge < -0.3 is 10.2 Å². The second-order valence-corrected chi connectivity index (χ2v) is 8.25. The van der Waals surface area contributed by atoms with E-state index in [9.17, 15) is 9.59 Å². The van der Waals surface area contributed by atoms with E-state index in [2.05, 4.69) is 46.3 Å². The summed E-state index contributed by atoms with van der Waals surface area (Å²) in [5.74, 6) is -0.00415. The lowest BCUT2D eigenvalue weighted by Crippen LogP contribution is -2.52. The summed E-state index contributed by atoms with van der Waals surface area (Å²) >= 11 is 0. The summed E-state index contributed by atoms with van der Waals surface area (Å²) in [6.45, 7) is 6.07. The van der Waals surface area contributed by atoms with Crippen LogP contribution in [0.4, 0.5) is 10.5 Å². The minimum absolute atomic E-state index is 0.00415. The number of amides is 3. The summed E-state index contributed by atoms with van der Waals surface area (Å²) in [5, 5.41) is 3.04. The smallest absolute Gasteiger partial charge is 0.326 e. The van der Waals surface area contributed by atoms with Gasteiger partial charge in [0.15, 0.2) is 0 Å². The first-order chi connectivity index (χ1) is 13.1. The zero-order chi connectivity index (χ0) is 18.9. The van der Waals surface area contributed by atoms with Crippen molar-refractivity contribution in [3.63, 3.8) is 0 Å². The van der Waals surface area contributed by atoms with E-state index in [0.717, 1.165) is 64.7 Å². The molecule has 1 aromatic rings. The molecule has 0 atom stereocenters. The number of rotatable bonds is 3. The highest BCUT2D eigenvalue weighted by atomic mass is 16.2. The Hall–Kier alpha value is -2.08. The summed E-state index contributed by atoms with van der Waals surface area (Å²) in [5.41, 5.74) is 1.89. The lowest BCUT2D eigenvalue weighted by atomic mass is 9.90. The maximum Gasteiger partial charge on any atom is 0.326 e.